The van der Waals surface area contributed by atoms with E-state index in [4.69, 9.17) is 17.3 Å². The topological polar surface area (TPSA) is 48.0 Å². The molecule has 0 amide bonds. The number of nitrogens with two attached hydrogens (primary N) is 1. The molecular formula is C12H10BrClN2O. The lowest BCUT2D eigenvalue weighted by Gasteiger charge is -2.09. The van der Waals surface area contributed by atoms with Crippen LogP contribution in [0.5, 0.6) is 0 Å². The predicted octanol–water partition coefficient (Wildman–Crippen LogP) is 2.89. The summed E-state index contributed by atoms with van der Waals surface area (Å²) in [7, 11) is 0. The fourth-order valence-corrected chi connectivity index (χ4v) is 2.09. The molecule has 0 saturated heterocycles. The number of nitrogens with zero attached hydrogens (tertiary/aromatic N) is 1. The van der Waals surface area contributed by atoms with E-state index in [-0.39, 0.29) is 5.56 Å². The zero-order chi connectivity index (χ0) is 12.4. The molecule has 0 radical (unpaired) electrons. The fraction of sp³-hybridized carbons (Fsp3) is 0.0833. The molecule has 2 aromatic rings. The van der Waals surface area contributed by atoms with Crippen molar-refractivity contribution in [2.24, 2.45) is 0 Å². The first-order valence-corrected chi connectivity index (χ1v) is 6.13. The van der Waals surface area contributed by atoms with Crippen LogP contribution in [0.25, 0.3) is 0 Å². The van der Waals surface area contributed by atoms with Gasteiger partial charge in [0.25, 0.3) is 5.56 Å². The molecule has 2 N–H and O–H groups in total. The number of nitrogen functional groups attached to an aromatic ring is 1. The molecule has 0 bridgehead atoms. The Kier molecular flexibility index (Phi) is 3.54. The molecule has 5 heteroatoms. The molecule has 1 heterocycles. The Bertz CT molecular complexity index is 610. The van der Waals surface area contributed by atoms with Crippen LogP contribution in [0.3, 0.4) is 0 Å². The first-order valence-electron chi connectivity index (χ1n) is 4.96. The van der Waals surface area contributed by atoms with E-state index in [0.29, 0.717) is 17.3 Å². The third kappa shape index (κ3) is 2.90. The van der Waals surface area contributed by atoms with Gasteiger partial charge in [-0.1, -0.05) is 11.6 Å². The molecular weight excluding hydrogens is 304 g/mol. The predicted molar refractivity (Wildman–Crippen MR) is 73.4 cm³/mol. The standard InChI is InChI=1S/C12H10BrClN2O/c13-9-1-4-12(17)16(7-9)6-8-5-10(14)2-3-11(8)15/h1-5,7H,6,15H2. The first kappa shape index (κ1) is 12.2. The molecule has 17 heavy (non-hydrogen) atoms. The Morgan fingerprint density at radius 2 is 2.06 bits per heavy atom. The maximum absolute atomic E-state index is 11.6. The molecule has 88 valence electrons. The number of pyridine rings is 1. The van der Waals surface area contributed by atoms with Gasteiger partial charge in [0.15, 0.2) is 0 Å². The maximum atomic E-state index is 11.6. The van der Waals surface area contributed by atoms with E-state index in [2.05, 4.69) is 15.9 Å². The van der Waals surface area contributed by atoms with Gasteiger partial charge in [0, 0.05) is 27.4 Å². The largest absolute Gasteiger partial charge is 0.398 e. The number of hydrogen-bond donors (Lipinski definition) is 1. The van der Waals surface area contributed by atoms with Crippen LogP contribution in [0.4, 0.5) is 5.69 Å². The Morgan fingerprint density at radius 3 is 2.82 bits per heavy atom. The van der Waals surface area contributed by atoms with Crippen LogP contribution in [0, 0.1) is 0 Å². The third-order valence-electron chi connectivity index (χ3n) is 2.39. The average Bonchev–Trinajstić information content (AvgIpc) is 2.28. The molecule has 2 rings (SSSR count). The molecule has 0 aliphatic carbocycles. The van der Waals surface area contributed by atoms with Crippen molar-refractivity contribution in [1.82, 2.24) is 4.57 Å². The lowest BCUT2D eigenvalue weighted by atomic mass is 10.2. The number of benzene rings is 1. The molecule has 0 atom stereocenters. The highest BCUT2D eigenvalue weighted by molar-refractivity contribution is 9.10. The highest BCUT2D eigenvalue weighted by Gasteiger charge is 2.03. The number of hydrogen-bond acceptors (Lipinski definition) is 2. The van der Waals surface area contributed by atoms with Crippen molar-refractivity contribution in [3.05, 3.63) is 61.9 Å². The maximum Gasteiger partial charge on any atom is 0.250 e. The van der Waals surface area contributed by atoms with Crippen molar-refractivity contribution in [1.29, 1.82) is 0 Å². The molecule has 0 aliphatic rings. The van der Waals surface area contributed by atoms with Crippen LogP contribution in [0.1, 0.15) is 5.56 Å². The average molecular weight is 314 g/mol. The van der Waals surface area contributed by atoms with E-state index in [9.17, 15) is 4.79 Å². The molecule has 0 fully saturated rings. The molecule has 1 aromatic heterocycles. The Hall–Kier alpha value is -1.26. The summed E-state index contributed by atoms with van der Waals surface area (Å²) in [5.74, 6) is 0. The van der Waals surface area contributed by atoms with Crippen molar-refractivity contribution in [3.63, 3.8) is 0 Å². The van der Waals surface area contributed by atoms with E-state index in [1.807, 2.05) is 0 Å². The minimum absolute atomic E-state index is 0.0763. The summed E-state index contributed by atoms with van der Waals surface area (Å²) in [5.41, 5.74) is 7.22. The van der Waals surface area contributed by atoms with Crippen LogP contribution >= 0.6 is 27.5 Å². The van der Waals surface area contributed by atoms with Crippen LogP contribution in [0.2, 0.25) is 5.02 Å². The van der Waals surface area contributed by atoms with Gasteiger partial charge in [0.1, 0.15) is 0 Å². The lowest BCUT2D eigenvalue weighted by Crippen LogP contribution is -2.19. The van der Waals surface area contributed by atoms with Crippen LogP contribution in [-0.2, 0) is 6.54 Å². The van der Waals surface area contributed by atoms with Gasteiger partial charge in [-0.15, -0.1) is 0 Å². The molecule has 1 aromatic carbocycles. The van der Waals surface area contributed by atoms with Crippen LogP contribution in [0.15, 0.2) is 45.8 Å². The molecule has 0 spiro atoms. The number of anilines is 1. The molecule has 0 aliphatic heterocycles. The Labute approximate surface area is 112 Å². The number of rotatable bonds is 2. The summed E-state index contributed by atoms with van der Waals surface area (Å²) < 4.78 is 2.42. The zero-order valence-electron chi connectivity index (χ0n) is 8.86. The van der Waals surface area contributed by atoms with Gasteiger partial charge in [-0.2, -0.15) is 0 Å². The quantitative estimate of drug-likeness (QED) is 0.867. The monoisotopic (exact) mass is 312 g/mol. The summed E-state index contributed by atoms with van der Waals surface area (Å²) in [6.45, 7) is 0.407. The van der Waals surface area contributed by atoms with Gasteiger partial charge >= 0.3 is 0 Å². The summed E-state index contributed by atoms with van der Waals surface area (Å²) in [6.07, 6.45) is 1.72. The van der Waals surface area contributed by atoms with Crippen molar-refractivity contribution in [2.45, 2.75) is 6.54 Å². The van der Waals surface area contributed by atoms with Gasteiger partial charge in [-0.3, -0.25) is 4.79 Å². The van der Waals surface area contributed by atoms with E-state index < -0.39 is 0 Å². The Balaban J connectivity index is 2.41. The van der Waals surface area contributed by atoms with Gasteiger partial charge in [0.2, 0.25) is 0 Å². The second-order valence-corrected chi connectivity index (χ2v) is 5.01. The second kappa shape index (κ2) is 4.94. The minimum atomic E-state index is -0.0763. The number of aromatic nitrogens is 1. The van der Waals surface area contributed by atoms with E-state index >= 15 is 0 Å². The highest BCUT2D eigenvalue weighted by Crippen LogP contribution is 2.18. The second-order valence-electron chi connectivity index (χ2n) is 3.66. The van der Waals surface area contributed by atoms with Crippen LogP contribution in [-0.4, -0.2) is 4.57 Å². The summed E-state index contributed by atoms with van der Waals surface area (Å²) in [6, 6.07) is 8.44. The van der Waals surface area contributed by atoms with Gasteiger partial charge < -0.3 is 10.3 Å². The van der Waals surface area contributed by atoms with Crippen molar-refractivity contribution < 1.29 is 0 Å². The third-order valence-corrected chi connectivity index (χ3v) is 3.10. The molecule has 0 unspecified atom stereocenters. The van der Waals surface area contributed by atoms with E-state index in [1.165, 1.54) is 6.07 Å². The fourth-order valence-electron chi connectivity index (χ4n) is 1.52. The minimum Gasteiger partial charge on any atom is -0.398 e. The number of halogens is 2. The van der Waals surface area contributed by atoms with Crippen molar-refractivity contribution >= 4 is 33.2 Å². The summed E-state index contributed by atoms with van der Waals surface area (Å²) in [5, 5.41) is 0.609. The van der Waals surface area contributed by atoms with Crippen molar-refractivity contribution in [2.75, 3.05) is 5.73 Å². The summed E-state index contributed by atoms with van der Waals surface area (Å²) >= 11 is 9.23. The van der Waals surface area contributed by atoms with Crippen molar-refractivity contribution in [3.8, 4) is 0 Å². The SMILES string of the molecule is Nc1ccc(Cl)cc1Cn1cc(Br)ccc1=O. The first-order chi connectivity index (χ1) is 8.06. The van der Waals surface area contributed by atoms with Gasteiger partial charge in [-0.25, -0.2) is 0 Å². The van der Waals surface area contributed by atoms with E-state index in [0.717, 1.165) is 10.0 Å². The molecule has 0 saturated carbocycles. The van der Waals surface area contributed by atoms with Gasteiger partial charge in [0.05, 0.1) is 6.54 Å². The highest BCUT2D eigenvalue weighted by atomic mass is 79.9. The zero-order valence-corrected chi connectivity index (χ0v) is 11.2. The normalized spacial score (nSPS) is 10.5. The lowest BCUT2D eigenvalue weighted by molar-refractivity contribution is 0.758. The van der Waals surface area contributed by atoms with E-state index in [1.54, 1.807) is 35.0 Å². The van der Waals surface area contributed by atoms with Crippen LogP contribution < -0.4 is 11.3 Å². The Morgan fingerprint density at radius 1 is 1.29 bits per heavy atom. The van der Waals surface area contributed by atoms with Gasteiger partial charge in [-0.05, 0) is 45.8 Å². The summed E-state index contributed by atoms with van der Waals surface area (Å²) in [4.78, 5) is 11.6. The smallest absolute Gasteiger partial charge is 0.250 e. The molecule has 3 nitrogen and oxygen atoms in total.